The van der Waals surface area contributed by atoms with E-state index in [0.29, 0.717) is 22.7 Å². The monoisotopic (exact) mass is 348 g/mol. The van der Waals surface area contributed by atoms with Gasteiger partial charge in [0.05, 0.1) is 12.0 Å². The highest BCUT2D eigenvalue weighted by molar-refractivity contribution is 6.07. The average molecular weight is 348 g/mol. The van der Waals surface area contributed by atoms with Gasteiger partial charge in [-0.2, -0.15) is 0 Å². The van der Waals surface area contributed by atoms with Crippen LogP contribution in [0.3, 0.4) is 0 Å². The van der Waals surface area contributed by atoms with Crippen LogP contribution in [0, 0.1) is 0 Å². The first kappa shape index (κ1) is 16.0. The summed E-state index contributed by atoms with van der Waals surface area (Å²) in [5, 5.41) is 5.55. The van der Waals surface area contributed by atoms with Gasteiger partial charge in [-0.15, -0.1) is 0 Å². The second-order valence-electron chi connectivity index (χ2n) is 5.94. The lowest BCUT2D eigenvalue weighted by atomic mass is 10.1. The quantitative estimate of drug-likeness (QED) is 0.752. The summed E-state index contributed by atoms with van der Waals surface area (Å²) in [6, 6.07) is 16.4. The molecule has 3 aromatic rings. The molecule has 1 aliphatic rings. The smallest absolute Gasteiger partial charge is 0.292 e. The number of benzene rings is 2. The van der Waals surface area contributed by atoms with E-state index in [1.165, 1.54) is 6.26 Å². The van der Waals surface area contributed by atoms with Gasteiger partial charge in [-0.1, -0.05) is 30.3 Å². The first-order valence-electron chi connectivity index (χ1n) is 8.17. The molecule has 1 aliphatic heterocycles. The van der Waals surface area contributed by atoms with Gasteiger partial charge in [0.2, 0.25) is 0 Å². The van der Waals surface area contributed by atoms with Crippen molar-refractivity contribution >= 4 is 23.2 Å². The van der Waals surface area contributed by atoms with Crippen molar-refractivity contribution in [3.05, 3.63) is 66.6 Å². The van der Waals surface area contributed by atoms with Crippen molar-refractivity contribution in [1.82, 2.24) is 0 Å². The Balaban J connectivity index is 1.58. The van der Waals surface area contributed by atoms with E-state index < -0.39 is 6.10 Å². The Bertz CT molecular complexity index is 978. The largest absolute Gasteiger partial charge is 0.479 e. The molecule has 2 heterocycles. The van der Waals surface area contributed by atoms with Gasteiger partial charge in [0.15, 0.2) is 11.9 Å². The predicted octanol–water partition coefficient (Wildman–Crippen LogP) is 3.92. The average Bonchev–Trinajstić information content (AvgIpc) is 3.14. The van der Waals surface area contributed by atoms with E-state index in [1.54, 1.807) is 31.2 Å². The molecule has 6 nitrogen and oxygen atoms in total. The summed E-state index contributed by atoms with van der Waals surface area (Å²) in [6.45, 7) is 1.68. The molecule has 1 aromatic heterocycles. The number of fused-ring (bicyclic) bond motifs is 1. The molecule has 0 saturated heterocycles. The zero-order chi connectivity index (χ0) is 18.1. The van der Waals surface area contributed by atoms with Crippen LogP contribution < -0.4 is 15.4 Å². The van der Waals surface area contributed by atoms with Gasteiger partial charge in [0.1, 0.15) is 5.75 Å². The minimum atomic E-state index is -0.542. The number of ether oxygens (including phenoxy) is 1. The highest BCUT2D eigenvalue weighted by atomic mass is 16.5. The van der Waals surface area contributed by atoms with Crippen LogP contribution in [0.25, 0.3) is 11.1 Å². The highest BCUT2D eigenvalue weighted by Gasteiger charge is 2.24. The molecule has 26 heavy (non-hydrogen) atoms. The van der Waals surface area contributed by atoms with Crippen molar-refractivity contribution in [2.75, 3.05) is 10.6 Å². The number of furan rings is 1. The molecule has 0 bridgehead atoms. The van der Waals surface area contributed by atoms with Crippen LogP contribution in [0.2, 0.25) is 0 Å². The van der Waals surface area contributed by atoms with Crippen molar-refractivity contribution in [2.24, 2.45) is 0 Å². The molecule has 2 N–H and O–H groups in total. The maximum Gasteiger partial charge on any atom is 0.292 e. The third-order valence-corrected chi connectivity index (χ3v) is 4.12. The van der Waals surface area contributed by atoms with Crippen molar-refractivity contribution in [3.8, 4) is 16.9 Å². The van der Waals surface area contributed by atoms with Crippen LogP contribution >= 0.6 is 0 Å². The number of hydrogen-bond donors (Lipinski definition) is 2. The molecule has 0 saturated carbocycles. The zero-order valence-electron chi connectivity index (χ0n) is 14.0. The first-order valence-corrected chi connectivity index (χ1v) is 8.17. The van der Waals surface area contributed by atoms with E-state index in [0.717, 1.165) is 5.56 Å². The lowest BCUT2D eigenvalue weighted by Crippen LogP contribution is -2.34. The number of carbonyl (C=O) groups is 2. The van der Waals surface area contributed by atoms with E-state index in [1.807, 2.05) is 30.3 Å². The number of rotatable bonds is 3. The Morgan fingerprint density at radius 3 is 2.73 bits per heavy atom. The van der Waals surface area contributed by atoms with Crippen molar-refractivity contribution < 1.29 is 18.7 Å². The molecule has 6 heteroatoms. The molecule has 0 aliphatic carbocycles. The van der Waals surface area contributed by atoms with Crippen molar-refractivity contribution in [2.45, 2.75) is 13.0 Å². The number of nitrogens with one attached hydrogen (secondary N) is 2. The number of anilines is 2. The standard InChI is InChI=1S/C20H16N2O4/c1-12-19(23)22-16-11-14(7-8-17(16)26-12)21-20(24)18-15(9-10-25-18)13-5-3-2-4-6-13/h2-12H,1H3,(H,21,24)(H,22,23)/t12-/m0/s1. The van der Waals surface area contributed by atoms with Crippen LogP contribution in [-0.4, -0.2) is 17.9 Å². The molecular formula is C20H16N2O4. The van der Waals surface area contributed by atoms with E-state index >= 15 is 0 Å². The Morgan fingerprint density at radius 2 is 1.92 bits per heavy atom. The Kier molecular flexibility index (Phi) is 3.93. The van der Waals surface area contributed by atoms with Gasteiger partial charge in [-0.3, -0.25) is 9.59 Å². The van der Waals surface area contributed by atoms with Gasteiger partial charge in [-0.25, -0.2) is 0 Å². The molecule has 0 unspecified atom stereocenters. The molecule has 0 spiro atoms. The summed E-state index contributed by atoms with van der Waals surface area (Å²) in [5.74, 6) is 0.199. The Labute approximate surface area is 149 Å². The van der Waals surface area contributed by atoms with Gasteiger partial charge >= 0.3 is 0 Å². The fourth-order valence-electron chi connectivity index (χ4n) is 2.80. The van der Waals surface area contributed by atoms with Gasteiger partial charge in [0.25, 0.3) is 11.8 Å². The SMILES string of the molecule is C[C@@H]1Oc2ccc(NC(=O)c3occc3-c3ccccc3)cc2NC1=O. The van der Waals surface area contributed by atoms with Crippen LogP contribution in [0.1, 0.15) is 17.5 Å². The molecular weight excluding hydrogens is 332 g/mol. The molecule has 130 valence electrons. The maximum absolute atomic E-state index is 12.6. The second-order valence-corrected chi connectivity index (χ2v) is 5.94. The van der Waals surface area contributed by atoms with E-state index in [2.05, 4.69) is 10.6 Å². The minimum absolute atomic E-state index is 0.224. The fourth-order valence-corrected chi connectivity index (χ4v) is 2.80. The molecule has 4 rings (SSSR count). The lowest BCUT2D eigenvalue weighted by molar-refractivity contribution is -0.122. The third kappa shape index (κ3) is 2.93. The molecule has 1 atom stereocenters. The molecule has 0 fully saturated rings. The van der Waals surface area contributed by atoms with E-state index in [9.17, 15) is 9.59 Å². The summed E-state index contributed by atoms with van der Waals surface area (Å²) >= 11 is 0. The minimum Gasteiger partial charge on any atom is -0.479 e. The summed E-state index contributed by atoms with van der Waals surface area (Å²) in [6.07, 6.45) is 0.944. The van der Waals surface area contributed by atoms with E-state index in [4.69, 9.17) is 9.15 Å². The van der Waals surface area contributed by atoms with E-state index in [-0.39, 0.29) is 17.6 Å². The summed E-state index contributed by atoms with van der Waals surface area (Å²) < 4.78 is 10.9. The summed E-state index contributed by atoms with van der Waals surface area (Å²) in [5.41, 5.74) is 2.66. The highest BCUT2D eigenvalue weighted by Crippen LogP contribution is 2.33. The Morgan fingerprint density at radius 1 is 1.12 bits per heavy atom. The van der Waals surface area contributed by atoms with Crippen molar-refractivity contribution in [1.29, 1.82) is 0 Å². The predicted molar refractivity (Wildman–Crippen MR) is 97.3 cm³/mol. The topological polar surface area (TPSA) is 80.6 Å². The third-order valence-electron chi connectivity index (χ3n) is 4.12. The number of amides is 2. The fraction of sp³-hybridized carbons (Fsp3) is 0.100. The van der Waals surface area contributed by atoms with Gasteiger partial charge in [-0.05, 0) is 36.8 Å². The summed E-state index contributed by atoms with van der Waals surface area (Å²) in [4.78, 5) is 24.4. The number of carbonyl (C=O) groups excluding carboxylic acids is 2. The normalized spacial score (nSPS) is 15.6. The van der Waals surface area contributed by atoms with Gasteiger partial charge in [0, 0.05) is 11.3 Å². The first-order chi connectivity index (χ1) is 12.6. The molecule has 2 aromatic carbocycles. The van der Waals surface area contributed by atoms with Crippen LogP contribution in [-0.2, 0) is 4.79 Å². The van der Waals surface area contributed by atoms with Crippen molar-refractivity contribution in [3.63, 3.8) is 0 Å². The second kappa shape index (κ2) is 6.40. The van der Waals surface area contributed by atoms with Gasteiger partial charge < -0.3 is 19.8 Å². The summed E-state index contributed by atoms with van der Waals surface area (Å²) in [7, 11) is 0. The van der Waals surface area contributed by atoms with Crippen LogP contribution in [0.15, 0.2) is 65.3 Å². The molecule has 0 radical (unpaired) electrons. The lowest BCUT2D eigenvalue weighted by Gasteiger charge is -2.23. The van der Waals surface area contributed by atoms with Crippen LogP contribution in [0.5, 0.6) is 5.75 Å². The zero-order valence-corrected chi connectivity index (χ0v) is 14.0. The number of hydrogen-bond acceptors (Lipinski definition) is 4. The molecule has 2 amide bonds. The maximum atomic E-state index is 12.6. The Hall–Kier alpha value is -3.54. The van der Waals surface area contributed by atoms with Crippen LogP contribution in [0.4, 0.5) is 11.4 Å².